The lowest BCUT2D eigenvalue weighted by atomic mass is 10.1. The number of hydrogen-bond donors (Lipinski definition) is 1. The van der Waals surface area contributed by atoms with Crippen LogP contribution in [0.25, 0.3) is 0 Å². The van der Waals surface area contributed by atoms with Gasteiger partial charge in [0, 0.05) is 27.7 Å². The standard InChI is InChI=1S/C13H19N3S2/c1-9-4-5-12(18-9)13(10(2)14)16(3)6-11-7-17-8-15-11/h4-5,7-8,10,13H,6,14H2,1-3H3. The molecule has 18 heavy (non-hydrogen) atoms. The van der Waals surface area contributed by atoms with Crippen LogP contribution >= 0.6 is 22.7 Å². The van der Waals surface area contributed by atoms with Crippen LogP contribution < -0.4 is 5.73 Å². The van der Waals surface area contributed by atoms with E-state index in [2.05, 4.69) is 48.3 Å². The Bertz CT molecular complexity index is 476. The fraction of sp³-hybridized carbons (Fsp3) is 0.462. The third-order valence-corrected chi connectivity index (χ3v) is 4.63. The Kier molecular flexibility index (Phi) is 4.50. The molecule has 0 saturated heterocycles. The monoisotopic (exact) mass is 281 g/mol. The normalized spacial score (nSPS) is 14.9. The summed E-state index contributed by atoms with van der Waals surface area (Å²) >= 11 is 3.46. The summed E-state index contributed by atoms with van der Waals surface area (Å²) in [4.78, 5) is 9.28. The fourth-order valence-corrected chi connectivity index (χ4v) is 3.87. The molecule has 0 bridgehead atoms. The molecule has 98 valence electrons. The highest BCUT2D eigenvalue weighted by Gasteiger charge is 2.23. The molecule has 0 aromatic carbocycles. The third-order valence-electron chi connectivity index (χ3n) is 2.92. The zero-order valence-corrected chi connectivity index (χ0v) is 12.6. The van der Waals surface area contributed by atoms with E-state index in [9.17, 15) is 0 Å². The van der Waals surface area contributed by atoms with Crippen molar-refractivity contribution in [2.75, 3.05) is 7.05 Å². The topological polar surface area (TPSA) is 42.1 Å². The molecule has 0 saturated carbocycles. The van der Waals surface area contributed by atoms with Gasteiger partial charge in [-0.15, -0.1) is 22.7 Å². The van der Waals surface area contributed by atoms with Crippen LogP contribution in [-0.4, -0.2) is 23.0 Å². The lowest BCUT2D eigenvalue weighted by molar-refractivity contribution is 0.212. The predicted molar refractivity (Wildman–Crippen MR) is 79.0 cm³/mol. The Labute approximate surface area is 116 Å². The molecule has 2 heterocycles. The van der Waals surface area contributed by atoms with Gasteiger partial charge in [-0.1, -0.05) is 0 Å². The van der Waals surface area contributed by atoms with E-state index in [4.69, 9.17) is 5.73 Å². The minimum Gasteiger partial charge on any atom is -0.326 e. The Morgan fingerprint density at radius 2 is 2.22 bits per heavy atom. The molecule has 0 aliphatic heterocycles. The van der Waals surface area contributed by atoms with Crippen molar-refractivity contribution in [3.8, 4) is 0 Å². The van der Waals surface area contributed by atoms with Crippen molar-refractivity contribution in [3.05, 3.63) is 38.5 Å². The zero-order chi connectivity index (χ0) is 13.1. The summed E-state index contributed by atoms with van der Waals surface area (Å²) in [7, 11) is 2.11. The van der Waals surface area contributed by atoms with Crippen molar-refractivity contribution in [2.45, 2.75) is 32.5 Å². The van der Waals surface area contributed by atoms with E-state index >= 15 is 0 Å². The molecule has 0 fully saturated rings. The second kappa shape index (κ2) is 5.93. The van der Waals surface area contributed by atoms with Gasteiger partial charge in [-0.25, -0.2) is 4.98 Å². The van der Waals surface area contributed by atoms with Gasteiger partial charge in [-0.3, -0.25) is 4.90 Å². The molecule has 2 N–H and O–H groups in total. The molecule has 0 radical (unpaired) electrons. The van der Waals surface area contributed by atoms with Gasteiger partial charge in [0.15, 0.2) is 0 Å². The first kappa shape index (κ1) is 13.7. The molecule has 0 aliphatic rings. The molecular weight excluding hydrogens is 262 g/mol. The van der Waals surface area contributed by atoms with Crippen LogP contribution in [0.1, 0.15) is 28.4 Å². The Balaban J connectivity index is 2.15. The number of nitrogens with two attached hydrogens (primary N) is 1. The maximum atomic E-state index is 6.16. The van der Waals surface area contributed by atoms with Gasteiger partial charge in [-0.05, 0) is 33.0 Å². The minimum atomic E-state index is 0.103. The number of thiazole rings is 1. The SMILES string of the molecule is Cc1ccc(C(C(C)N)N(C)Cc2cscn2)s1. The number of aromatic nitrogens is 1. The maximum Gasteiger partial charge on any atom is 0.0795 e. The maximum absolute atomic E-state index is 6.16. The number of hydrogen-bond acceptors (Lipinski definition) is 5. The van der Waals surface area contributed by atoms with Crippen LogP contribution in [-0.2, 0) is 6.54 Å². The van der Waals surface area contributed by atoms with E-state index in [1.807, 2.05) is 16.8 Å². The number of rotatable bonds is 5. The predicted octanol–water partition coefficient (Wildman–Crippen LogP) is 3.03. The summed E-state index contributed by atoms with van der Waals surface area (Å²) in [5.41, 5.74) is 9.14. The van der Waals surface area contributed by atoms with Gasteiger partial charge in [0.25, 0.3) is 0 Å². The highest BCUT2D eigenvalue weighted by Crippen LogP contribution is 2.29. The lowest BCUT2D eigenvalue weighted by Crippen LogP contribution is -2.36. The van der Waals surface area contributed by atoms with Crippen LogP contribution in [0.3, 0.4) is 0 Å². The average Bonchev–Trinajstić information content (AvgIpc) is 2.90. The first-order valence-corrected chi connectivity index (χ1v) is 7.73. The van der Waals surface area contributed by atoms with E-state index in [1.54, 1.807) is 11.3 Å². The van der Waals surface area contributed by atoms with E-state index < -0.39 is 0 Å². The third kappa shape index (κ3) is 3.17. The van der Waals surface area contributed by atoms with E-state index in [-0.39, 0.29) is 12.1 Å². The van der Waals surface area contributed by atoms with Crippen molar-refractivity contribution >= 4 is 22.7 Å². The molecule has 2 aromatic rings. The molecule has 0 spiro atoms. The summed E-state index contributed by atoms with van der Waals surface area (Å²) in [6.07, 6.45) is 0. The Hall–Kier alpha value is -0.750. The lowest BCUT2D eigenvalue weighted by Gasteiger charge is -2.29. The van der Waals surface area contributed by atoms with Gasteiger partial charge >= 0.3 is 0 Å². The van der Waals surface area contributed by atoms with Crippen LogP contribution in [0.2, 0.25) is 0 Å². The van der Waals surface area contributed by atoms with Crippen molar-refractivity contribution in [2.24, 2.45) is 5.73 Å². The van der Waals surface area contributed by atoms with E-state index in [1.165, 1.54) is 9.75 Å². The molecule has 0 aliphatic carbocycles. The largest absolute Gasteiger partial charge is 0.326 e. The van der Waals surface area contributed by atoms with Gasteiger partial charge in [-0.2, -0.15) is 0 Å². The Morgan fingerprint density at radius 1 is 1.44 bits per heavy atom. The van der Waals surface area contributed by atoms with Crippen LogP contribution in [0, 0.1) is 6.92 Å². The molecular formula is C13H19N3S2. The Morgan fingerprint density at radius 3 is 2.72 bits per heavy atom. The molecule has 2 rings (SSSR count). The fourth-order valence-electron chi connectivity index (χ4n) is 2.16. The van der Waals surface area contributed by atoms with E-state index in [0.717, 1.165) is 12.2 Å². The van der Waals surface area contributed by atoms with Gasteiger partial charge in [0.05, 0.1) is 17.2 Å². The van der Waals surface area contributed by atoms with E-state index in [0.29, 0.717) is 0 Å². The molecule has 3 nitrogen and oxygen atoms in total. The minimum absolute atomic E-state index is 0.103. The summed E-state index contributed by atoms with van der Waals surface area (Å²) in [6, 6.07) is 4.70. The second-order valence-corrected chi connectivity index (χ2v) is 6.69. The van der Waals surface area contributed by atoms with Crippen LogP contribution in [0.15, 0.2) is 23.0 Å². The van der Waals surface area contributed by atoms with Crippen molar-refractivity contribution in [1.82, 2.24) is 9.88 Å². The van der Waals surface area contributed by atoms with Crippen molar-refractivity contribution in [3.63, 3.8) is 0 Å². The summed E-state index contributed by atoms with van der Waals surface area (Å²) < 4.78 is 0. The molecule has 2 unspecified atom stereocenters. The number of aryl methyl sites for hydroxylation is 1. The number of likely N-dealkylation sites (N-methyl/N-ethyl adjacent to an activating group) is 1. The molecule has 2 atom stereocenters. The van der Waals surface area contributed by atoms with Gasteiger partial charge in [0.2, 0.25) is 0 Å². The summed E-state index contributed by atoms with van der Waals surface area (Å²) in [6.45, 7) is 5.04. The molecule has 0 amide bonds. The second-order valence-electron chi connectivity index (χ2n) is 4.65. The quantitative estimate of drug-likeness (QED) is 0.916. The molecule has 5 heteroatoms. The first-order chi connectivity index (χ1) is 8.58. The summed E-state index contributed by atoms with van der Waals surface area (Å²) in [5.74, 6) is 0. The number of nitrogens with zero attached hydrogens (tertiary/aromatic N) is 2. The molecule has 2 aromatic heterocycles. The smallest absolute Gasteiger partial charge is 0.0795 e. The highest BCUT2D eigenvalue weighted by molar-refractivity contribution is 7.12. The highest BCUT2D eigenvalue weighted by atomic mass is 32.1. The zero-order valence-electron chi connectivity index (χ0n) is 11.0. The van der Waals surface area contributed by atoms with Crippen molar-refractivity contribution in [1.29, 1.82) is 0 Å². The van der Waals surface area contributed by atoms with Gasteiger partial charge in [0.1, 0.15) is 0 Å². The first-order valence-electron chi connectivity index (χ1n) is 5.97. The average molecular weight is 281 g/mol. The summed E-state index contributed by atoms with van der Waals surface area (Å²) in [5, 5.41) is 2.09. The van der Waals surface area contributed by atoms with Crippen LogP contribution in [0.4, 0.5) is 0 Å². The van der Waals surface area contributed by atoms with Crippen LogP contribution in [0.5, 0.6) is 0 Å². The van der Waals surface area contributed by atoms with Crippen molar-refractivity contribution < 1.29 is 0 Å². The number of thiophene rings is 1. The van der Waals surface area contributed by atoms with Gasteiger partial charge < -0.3 is 5.73 Å².